The predicted octanol–water partition coefficient (Wildman–Crippen LogP) is 3.35. The molecule has 3 rings (SSSR count). The number of anilines is 1. The third kappa shape index (κ3) is 3.52. The Labute approximate surface area is 156 Å². The van der Waals surface area contributed by atoms with Crippen molar-refractivity contribution in [1.82, 2.24) is 4.90 Å². The van der Waals surface area contributed by atoms with E-state index in [0.717, 1.165) is 9.37 Å². The van der Waals surface area contributed by atoms with Crippen LogP contribution in [0.5, 0.6) is 5.75 Å². The minimum absolute atomic E-state index is 0.245. The van der Waals surface area contributed by atoms with E-state index in [2.05, 4.69) is 21.2 Å². The summed E-state index contributed by atoms with van der Waals surface area (Å²) in [6.07, 6.45) is 0. The summed E-state index contributed by atoms with van der Waals surface area (Å²) < 4.78 is 6.18. The van der Waals surface area contributed by atoms with Crippen molar-refractivity contribution in [2.75, 3.05) is 19.0 Å². The lowest BCUT2D eigenvalue weighted by Gasteiger charge is -2.09. The van der Waals surface area contributed by atoms with Gasteiger partial charge in [-0.1, -0.05) is 27.5 Å². The molecule has 0 aromatic heterocycles. The molecule has 0 saturated carbocycles. The predicted molar refractivity (Wildman–Crippen MR) is 96.1 cm³/mol. The summed E-state index contributed by atoms with van der Waals surface area (Å²) in [7, 11) is 1.42. The summed E-state index contributed by atoms with van der Waals surface area (Å²) in [5.74, 6) is -0.777. The van der Waals surface area contributed by atoms with Gasteiger partial charge in [-0.25, -0.2) is 0 Å². The first kappa shape index (κ1) is 17.4. The molecule has 1 aliphatic rings. The highest BCUT2D eigenvalue weighted by Crippen LogP contribution is 2.28. The SMILES string of the molecule is CN1C(=O)c2ccc(NC(=O)COc3ccc(Br)cc3Cl)cc2C1=O. The number of fused-ring (bicyclic) bond motifs is 1. The second-order valence-corrected chi connectivity index (χ2v) is 6.66. The van der Waals surface area contributed by atoms with Crippen LogP contribution in [0.25, 0.3) is 0 Å². The molecule has 0 fully saturated rings. The first-order valence-electron chi connectivity index (χ1n) is 7.21. The van der Waals surface area contributed by atoms with Crippen molar-refractivity contribution in [2.24, 2.45) is 0 Å². The summed E-state index contributed by atoms with van der Waals surface area (Å²) in [6, 6.07) is 9.61. The van der Waals surface area contributed by atoms with Gasteiger partial charge in [0.1, 0.15) is 5.75 Å². The molecule has 3 amide bonds. The van der Waals surface area contributed by atoms with Gasteiger partial charge in [-0.05, 0) is 36.4 Å². The van der Waals surface area contributed by atoms with Crippen LogP contribution in [0.1, 0.15) is 20.7 Å². The Kier molecular flexibility index (Phi) is 4.78. The van der Waals surface area contributed by atoms with Crippen molar-refractivity contribution in [3.63, 3.8) is 0 Å². The van der Waals surface area contributed by atoms with Gasteiger partial charge in [-0.15, -0.1) is 0 Å². The molecule has 0 radical (unpaired) electrons. The van der Waals surface area contributed by atoms with Crippen LogP contribution in [0, 0.1) is 0 Å². The summed E-state index contributed by atoms with van der Waals surface area (Å²) in [6.45, 7) is -0.245. The first-order chi connectivity index (χ1) is 11.9. The van der Waals surface area contributed by atoms with Gasteiger partial charge in [0.05, 0.1) is 16.1 Å². The van der Waals surface area contributed by atoms with E-state index in [1.54, 1.807) is 24.3 Å². The zero-order chi connectivity index (χ0) is 18.1. The molecule has 8 heteroatoms. The number of hydrogen-bond donors (Lipinski definition) is 1. The average Bonchev–Trinajstić information content (AvgIpc) is 2.78. The van der Waals surface area contributed by atoms with Crippen LogP contribution < -0.4 is 10.1 Å². The van der Waals surface area contributed by atoms with E-state index in [0.29, 0.717) is 22.0 Å². The van der Waals surface area contributed by atoms with Crippen molar-refractivity contribution in [2.45, 2.75) is 0 Å². The molecule has 1 N–H and O–H groups in total. The van der Waals surface area contributed by atoms with Crippen molar-refractivity contribution in [3.8, 4) is 5.75 Å². The normalized spacial score (nSPS) is 13.0. The molecule has 25 heavy (non-hydrogen) atoms. The fraction of sp³-hybridized carbons (Fsp3) is 0.118. The quantitative estimate of drug-likeness (QED) is 0.765. The Morgan fingerprint density at radius 2 is 1.88 bits per heavy atom. The van der Waals surface area contributed by atoms with Gasteiger partial charge in [-0.3, -0.25) is 19.3 Å². The maximum Gasteiger partial charge on any atom is 0.262 e. The molecule has 128 valence electrons. The van der Waals surface area contributed by atoms with Crippen molar-refractivity contribution in [3.05, 3.63) is 57.0 Å². The van der Waals surface area contributed by atoms with E-state index in [9.17, 15) is 14.4 Å². The zero-order valence-electron chi connectivity index (χ0n) is 13.0. The number of imide groups is 1. The standard InChI is InChI=1S/C17H12BrClN2O4/c1-21-16(23)11-4-3-10(7-12(11)17(21)24)20-15(22)8-25-14-5-2-9(18)6-13(14)19/h2-7H,8H2,1H3,(H,20,22). The van der Waals surface area contributed by atoms with Crippen molar-refractivity contribution < 1.29 is 19.1 Å². The van der Waals surface area contributed by atoms with Crippen LogP contribution in [0.2, 0.25) is 5.02 Å². The highest BCUT2D eigenvalue weighted by molar-refractivity contribution is 9.10. The molecule has 0 unspecified atom stereocenters. The Morgan fingerprint density at radius 3 is 2.60 bits per heavy atom. The number of amides is 3. The number of nitrogens with zero attached hydrogens (tertiary/aromatic N) is 1. The van der Waals surface area contributed by atoms with Crippen LogP contribution in [-0.2, 0) is 4.79 Å². The molecular formula is C17H12BrClN2O4. The highest BCUT2D eigenvalue weighted by atomic mass is 79.9. The number of ether oxygens (including phenoxy) is 1. The van der Waals surface area contributed by atoms with Gasteiger partial charge in [0.15, 0.2) is 6.61 Å². The molecule has 0 atom stereocenters. The topological polar surface area (TPSA) is 75.7 Å². The van der Waals surface area contributed by atoms with Gasteiger partial charge in [0.2, 0.25) is 0 Å². The summed E-state index contributed by atoms with van der Waals surface area (Å²) >= 11 is 9.30. The molecule has 2 aromatic rings. The van der Waals surface area contributed by atoms with E-state index in [-0.39, 0.29) is 18.1 Å². The van der Waals surface area contributed by atoms with E-state index < -0.39 is 11.8 Å². The maximum absolute atomic E-state index is 12.0. The van der Waals surface area contributed by atoms with Gasteiger partial charge >= 0.3 is 0 Å². The van der Waals surface area contributed by atoms with Crippen LogP contribution in [0.4, 0.5) is 5.69 Å². The first-order valence-corrected chi connectivity index (χ1v) is 8.38. The van der Waals surface area contributed by atoms with E-state index in [4.69, 9.17) is 16.3 Å². The van der Waals surface area contributed by atoms with Crippen LogP contribution in [-0.4, -0.2) is 36.3 Å². The van der Waals surface area contributed by atoms with Crippen LogP contribution in [0.3, 0.4) is 0 Å². The number of halogens is 2. The molecule has 1 heterocycles. The van der Waals surface area contributed by atoms with E-state index in [1.165, 1.54) is 19.2 Å². The van der Waals surface area contributed by atoms with Crippen LogP contribution in [0.15, 0.2) is 40.9 Å². The molecule has 0 spiro atoms. The van der Waals surface area contributed by atoms with Crippen LogP contribution >= 0.6 is 27.5 Å². The summed E-state index contributed by atoms with van der Waals surface area (Å²) in [4.78, 5) is 36.9. The van der Waals surface area contributed by atoms with E-state index in [1.807, 2.05) is 0 Å². The summed E-state index contributed by atoms with van der Waals surface area (Å²) in [5, 5.41) is 3.01. The lowest BCUT2D eigenvalue weighted by Crippen LogP contribution is -2.24. The zero-order valence-corrected chi connectivity index (χ0v) is 15.3. The van der Waals surface area contributed by atoms with E-state index >= 15 is 0 Å². The average molecular weight is 424 g/mol. The number of nitrogens with one attached hydrogen (secondary N) is 1. The number of benzene rings is 2. The minimum Gasteiger partial charge on any atom is -0.482 e. The molecule has 1 aliphatic heterocycles. The second kappa shape index (κ2) is 6.85. The lowest BCUT2D eigenvalue weighted by molar-refractivity contribution is -0.118. The number of hydrogen-bond acceptors (Lipinski definition) is 4. The lowest BCUT2D eigenvalue weighted by atomic mass is 10.1. The smallest absolute Gasteiger partial charge is 0.262 e. The van der Waals surface area contributed by atoms with Gasteiger partial charge in [0, 0.05) is 17.2 Å². The molecule has 0 bridgehead atoms. The highest BCUT2D eigenvalue weighted by Gasteiger charge is 2.32. The Morgan fingerprint density at radius 1 is 1.16 bits per heavy atom. The van der Waals surface area contributed by atoms with Gasteiger partial charge < -0.3 is 10.1 Å². The largest absolute Gasteiger partial charge is 0.482 e. The Balaban J connectivity index is 1.66. The Hall–Kier alpha value is -2.38. The molecule has 6 nitrogen and oxygen atoms in total. The van der Waals surface area contributed by atoms with Crippen molar-refractivity contribution in [1.29, 1.82) is 0 Å². The van der Waals surface area contributed by atoms with Crippen molar-refractivity contribution >= 4 is 50.9 Å². The fourth-order valence-corrected chi connectivity index (χ4v) is 3.10. The third-order valence-corrected chi connectivity index (χ3v) is 4.41. The molecule has 2 aromatic carbocycles. The van der Waals surface area contributed by atoms with Gasteiger partial charge in [0.25, 0.3) is 17.7 Å². The Bertz CT molecular complexity index is 900. The number of carbonyl (C=O) groups is 3. The summed E-state index contributed by atoms with van der Waals surface area (Å²) in [5.41, 5.74) is 0.997. The number of rotatable bonds is 4. The third-order valence-electron chi connectivity index (χ3n) is 3.63. The molecule has 0 saturated heterocycles. The fourth-order valence-electron chi connectivity index (χ4n) is 2.37. The monoisotopic (exact) mass is 422 g/mol. The minimum atomic E-state index is -0.413. The molecule has 0 aliphatic carbocycles. The molecular weight excluding hydrogens is 412 g/mol. The maximum atomic E-state index is 12.0. The number of carbonyl (C=O) groups excluding carboxylic acids is 3. The second-order valence-electron chi connectivity index (χ2n) is 5.34. The van der Waals surface area contributed by atoms with Gasteiger partial charge in [-0.2, -0.15) is 0 Å².